The van der Waals surface area contributed by atoms with Crippen LogP contribution in [0.3, 0.4) is 0 Å². The Balaban J connectivity index is 5.52. The lowest BCUT2D eigenvalue weighted by Crippen LogP contribution is -2.57. The Hall–Kier alpha value is -2.79. The zero-order valence-electron chi connectivity index (χ0n) is 19.9. The van der Waals surface area contributed by atoms with Crippen LogP contribution in [0, 0.1) is 5.92 Å². The monoisotopic (exact) mass is 479 g/mol. The fraction of sp³-hybridized carbons (Fsp3) is 0.762. The third-order valence-corrected chi connectivity index (χ3v) is 4.18. The third-order valence-electron chi connectivity index (χ3n) is 4.18. The van der Waals surface area contributed by atoms with Crippen LogP contribution in [0.5, 0.6) is 0 Å². The molecule has 0 radical (unpaired) electrons. The molecule has 0 aliphatic heterocycles. The maximum Gasteiger partial charge on any atom is 0.408 e. The van der Waals surface area contributed by atoms with Crippen molar-refractivity contribution in [1.82, 2.24) is 16.0 Å². The molecular formula is C21H35F2N3O7. The minimum Gasteiger partial charge on any atom is -0.475 e. The Morgan fingerprint density at radius 3 is 1.82 bits per heavy atom. The van der Waals surface area contributed by atoms with E-state index in [2.05, 4.69) is 10.6 Å². The molecule has 0 fully saturated rings. The highest BCUT2D eigenvalue weighted by Gasteiger charge is 2.33. The molecule has 3 unspecified atom stereocenters. The van der Waals surface area contributed by atoms with Crippen molar-refractivity contribution in [2.45, 2.75) is 97.4 Å². The van der Waals surface area contributed by atoms with Crippen LogP contribution in [0.1, 0.15) is 67.2 Å². The maximum absolute atomic E-state index is 12.8. The van der Waals surface area contributed by atoms with E-state index in [-0.39, 0.29) is 18.8 Å². The van der Waals surface area contributed by atoms with Crippen LogP contribution in [0.15, 0.2) is 0 Å². The van der Waals surface area contributed by atoms with Gasteiger partial charge in [0.1, 0.15) is 23.7 Å². The SMILES string of the molecule is CCCC(NC(=O)OC(C)(C)C)C(=O)NC(CC(C)C)C(=O)NC(CC(F)F)C(=O)C(=O)O. The van der Waals surface area contributed by atoms with E-state index in [9.17, 15) is 32.8 Å². The molecule has 0 spiro atoms. The number of nitrogens with one attached hydrogen (secondary N) is 3. The summed E-state index contributed by atoms with van der Waals surface area (Å²) in [6.45, 7) is 10.2. The number of alkyl halides is 2. The van der Waals surface area contributed by atoms with Gasteiger partial charge in [0.25, 0.3) is 5.78 Å². The van der Waals surface area contributed by atoms with E-state index in [0.717, 1.165) is 0 Å². The summed E-state index contributed by atoms with van der Waals surface area (Å²) in [4.78, 5) is 60.2. The summed E-state index contributed by atoms with van der Waals surface area (Å²) >= 11 is 0. The van der Waals surface area contributed by atoms with E-state index in [0.29, 0.717) is 6.42 Å². The van der Waals surface area contributed by atoms with Crippen LogP contribution in [0.4, 0.5) is 13.6 Å². The summed E-state index contributed by atoms with van der Waals surface area (Å²) in [5, 5.41) is 15.7. The van der Waals surface area contributed by atoms with Crippen molar-refractivity contribution in [2.24, 2.45) is 5.92 Å². The van der Waals surface area contributed by atoms with Gasteiger partial charge in [-0.3, -0.25) is 14.4 Å². The lowest BCUT2D eigenvalue weighted by Gasteiger charge is -2.26. The van der Waals surface area contributed by atoms with E-state index in [1.165, 1.54) is 0 Å². The highest BCUT2D eigenvalue weighted by atomic mass is 19.3. The molecular weight excluding hydrogens is 444 g/mol. The number of amides is 3. The Bertz CT molecular complexity index is 708. The first kappa shape index (κ1) is 30.2. The first-order chi connectivity index (χ1) is 15.1. The number of alkyl carbamates (subject to hydrolysis) is 1. The second-order valence-corrected chi connectivity index (χ2v) is 9.04. The summed E-state index contributed by atoms with van der Waals surface area (Å²) < 4.78 is 30.7. The number of ether oxygens (including phenoxy) is 1. The lowest BCUT2D eigenvalue weighted by molar-refractivity contribution is -0.151. The van der Waals surface area contributed by atoms with Crippen LogP contribution >= 0.6 is 0 Å². The fourth-order valence-electron chi connectivity index (χ4n) is 2.81. The van der Waals surface area contributed by atoms with Gasteiger partial charge < -0.3 is 25.8 Å². The zero-order valence-corrected chi connectivity index (χ0v) is 19.9. The zero-order chi connectivity index (χ0) is 25.9. The molecule has 0 heterocycles. The van der Waals surface area contributed by atoms with Crippen molar-refractivity contribution in [3.05, 3.63) is 0 Å². The molecule has 0 bridgehead atoms. The van der Waals surface area contributed by atoms with Gasteiger partial charge in [0.15, 0.2) is 0 Å². The predicted molar refractivity (Wildman–Crippen MR) is 115 cm³/mol. The molecule has 33 heavy (non-hydrogen) atoms. The molecule has 12 heteroatoms. The van der Waals surface area contributed by atoms with Crippen molar-refractivity contribution in [3.8, 4) is 0 Å². The Labute approximate surface area is 192 Å². The van der Waals surface area contributed by atoms with Gasteiger partial charge in [-0.2, -0.15) is 0 Å². The quantitative estimate of drug-likeness (QED) is 0.295. The molecule has 3 amide bonds. The number of hydrogen-bond donors (Lipinski definition) is 4. The molecule has 0 aliphatic carbocycles. The first-order valence-corrected chi connectivity index (χ1v) is 10.7. The average molecular weight is 480 g/mol. The number of carboxylic acids is 1. The molecule has 0 aliphatic rings. The van der Waals surface area contributed by atoms with E-state index in [4.69, 9.17) is 9.84 Å². The highest BCUT2D eigenvalue weighted by molar-refractivity contribution is 6.35. The van der Waals surface area contributed by atoms with Gasteiger partial charge in [-0.1, -0.05) is 27.2 Å². The third kappa shape index (κ3) is 12.7. The van der Waals surface area contributed by atoms with Crippen LogP contribution in [-0.2, 0) is 23.9 Å². The first-order valence-electron chi connectivity index (χ1n) is 10.7. The Kier molecular flexibility index (Phi) is 12.5. The topological polar surface area (TPSA) is 151 Å². The molecule has 3 atom stereocenters. The lowest BCUT2D eigenvalue weighted by atomic mass is 10.0. The number of hydrogen-bond acceptors (Lipinski definition) is 6. The molecule has 190 valence electrons. The number of carboxylic acid groups (broad SMARTS) is 1. The number of carbonyl (C=O) groups is 5. The molecule has 0 aromatic heterocycles. The van der Waals surface area contributed by atoms with Gasteiger partial charge in [0.05, 0.1) is 0 Å². The summed E-state index contributed by atoms with van der Waals surface area (Å²) in [6.07, 6.45) is -4.23. The number of Topliss-reactive ketones (excluding diaryl/α,β-unsaturated/α-hetero) is 1. The van der Waals surface area contributed by atoms with E-state index < -0.39 is 66.2 Å². The molecule has 4 N–H and O–H groups in total. The molecule has 0 saturated carbocycles. The highest BCUT2D eigenvalue weighted by Crippen LogP contribution is 2.11. The van der Waals surface area contributed by atoms with E-state index in [1.807, 2.05) is 5.32 Å². The second-order valence-electron chi connectivity index (χ2n) is 9.04. The van der Waals surface area contributed by atoms with Crippen molar-refractivity contribution in [1.29, 1.82) is 0 Å². The minimum atomic E-state index is -3.04. The Morgan fingerprint density at radius 1 is 0.879 bits per heavy atom. The fourth-order valence-corrected chi connectivity index (χ4v) is 2.81. The maximum atomic E-state index is 12.8. The standard InChI is InChI=1S/C21H35F2N3O7/c1-7-8-12(26-20(32)33-21(4,5)6)17(28)25-14(9-11(2)3)18(29)24-13(10-15(22)23)16(27)19(30)31/h11-15H,7-10H2,1-6H3,(H,24,29)(H,25,28)(H,26,32)(H,30,31). The van der Waals surface area contributed by atoms with Gasteiger partial charge in [0.2, 0.25) is 18.2 Å². The van der Waals surface area contributed by atoms with Crippen LogP contribution in [0.2, 0.25) is 0 Å². The summed E-state index contributed by atoms with van der Waals surface area (Å²) in [6, 6.07) is -4.24. The van der Waals surface area contributed by atoms with Crippen molar-refractivity contribution in [2.75, 3.05) is 0 Å². The Morgan fingerprint density at radius 2 is 1.39 bits per heavy atom. The van der Waals surface area contributed by atoms with Gasteiger partial charge in [0, 0.05) is 6.42 Å². The predicted octanol–water partition coefficient (Wildman–Crippen LogP) is 2.00. The van der Waals surface area contributed by atoms with Gasteiger partial charge in [-0.05, 0) is 39.5 Å². The largest absolute Gasteiger partial charge is 0.475 e. The number of carbonyl (C=O) groups excluding carboxylic acids is 4. The van der Waals surface area contributed by atoms with Crippen molar-refractivity contribution < 1.29 is 42.6 Å². The normalized spacial score (nSPS) is 14.2. The van der Waals surface area contributed by atoms with E-state index in [1.54, 1.807) is 41.5 Å². The number of aliphatic carboxylic acids is 1. The number of halogens is 2. The molecule has 0 saturated heterocycles. The summed E-state index contributed by atoms with van der Waals surface area (Å²) in [5.41, 5.74) is -0.798. The van der Waals surface area contributed by atoms with Gasteiger partial charge in [-0.25, -0.2) is 18.4 Å². The van der Waals surface area contributed by atoms with Gasteiger partial charge >= 0.3 is 12.1 Å². The van der Waals surface area contributed by atoms with Gasteiger partial charge in [-0.15, -0.1) is 0 Å². The molecule has 0 rings (SSSR count). The summed E-state index contributed by atoms with van der Waals surface area (Å²) in [5.74, 6) is -5.37. The molecule has 0 aromatic carbocycles. The smallest absolute Gasteiger partial charge is 0.408 e. The number of rotatable bonds is 13. The molecule has 10 nitrogen and oxygen atoms in total. The minimum absolute atomic E-state index is 0.0749. The summed E-state index contributed by atoms with van der Waals surface area (Å²) in [7, 11) is 0. The van der Waals surface area contributed by atoms with Crippen LogP contribution in [-0.4, -0.2) is 64.9 Å². The second kappa shape index (κ2) is 13.7. The van der Waals surface area contributed by atoms with Crippen LogP contribution < -0.4 is 16.0 Å². The van der Waals surface area contributed by atoms with Crippen molar-refractivity contribution >= 4 is 29.7 Å². The average Bonchev–Trinajstić information content (AvgIpc) is 2.63. The molecule has 0 aromatic rings. The van der Waals surface area contributed by atoms with E-state index >= 15 is 0 Å². The van der Waals surface area contributed by atoms with Crippen LogP contribution in [0.25, 0.3) is 0 Å². The number of ketones is 1. The van der Waals surface area contributed by atoms with Crippen molar-refractivity contribution in [3.63, 3.8) is 0 Å².